The lowest BCUT2D eigenvalue weighted by Crippen LogP contribution is -2.04. The first-order valence-electron chi connectivity index (χ1n) is 19.8. The van der Waals surface area contributed by atoms with Gasteiger partial charge in [-0.05, 0) is 102 Å². The minimum atomic E-state index is 0.0539. The Morgan fingerprint density at radius 1 is 0.562 bits per heavy atom. The maximum Gasteiger partial charge on any atom is 0.207 e. The highest BCUT2D eigenvalue weighted by atomic mass is 16.5. The average Bonchev–Trinajstić information content (AvgIpc) is 3.02. The third-order valence-corrected chi connectivity index (χ3v) is 10.7. The molecule has 0 aliphatic carbocycles. The zero-order valence-corrected chi connectivity index (χ0v) is 33.5. The summed E-state index contributed by atoms with van der Waals surface area (Å²) in [6.07, 6.45) is 27.5. The number of allylic oxidation sites excluding steroid dienone is 4. The van der Waals surface area contributed by atoms with Gasteiger partial charge in [-0.15, -0.1) is 0 Å². The zero-order valence-electron chi connectivity index (χ0n) is 33.5. The lowest BCUT2D eigenvalue weighted by Gasteiger charge is -2.19. The quantitative estimate of drug-likeness (QED) is 0.0722. The van der Waals surface area contributed by atoms with E-state index < -0.39 is 0 Å². The minimum Gasteiger partial charge on any atom is -0.504 e. The van der Waals surface area contributed by atoms with Crippen molar-refractivity contribution in [2.75, 3.05) is 14.2 Å². The standard InChI is InChI=1S/C44H78O4/c1-32(2)18-12-19-33(3)20-13-21-34(4)22-14-23-35(5)24-15-25-36(6)26-16-27-37(7)28-17-29-38(8)30-31-40-39(9)41(45)43(47-10)44(48-11)42(40)46/h20,22,32,35-38,45-46H,12-19,21,23-31H2,1-11H3/b33-20+,34-22+. The van der Waals surface area contributed by atoms with Crippen LogP contribution in [0.1, 0.15) is 176 Å². The Balaban J connectivity index is 2.18. The number of methoxy groups -OCH3 is 2. The highest BCUT2D eigenvalue weighted by molar-refractivity contribution is 5.65. The largest absolute Gasteiger partial charge is 0.504 e. The first-order chi connectivity index (χ1) is 22.8. The number of benzene rings is 1. The molecule has 0 aromatic heterocycles. The van der Waals surface area contributed by atoms with Gasteiger partial charge in [0.2, 0.25) is 11.5 Å². The van der Waals surface area contributed by atoms with Gasteiger partial charge in [-0.25, -0.2) is 0 Å². The van der Waals surface area contributed by atoms with Crippen molar-refractivity contribution in [3.63, 3.8) is 0 Å². The molecule has 1 rings (SSSR count). The maximum absolute atomic E-state index is 10.7. The minimum absolute atomic E-state index is 0.0539. The van der Waals surface area contributed by atoms with E-state index in [4.69, 9.17) is 9.47 Å². The molecular weight excluding hydrogens is 592 g/mol. The Morgan fingerprint density at radius 2 is 1.00 bits per heavy atom. The molecular formula is C44H78O4. The SMILES string of the molecule is COc1c(O)c(C)c(CCC(C)CCCC(C)CCCC(C)CCCC(C)CC/C=C(\C)CC/C=C(\C)CCCC(C)C)c(O)c1OC. The Bertz CT molecular complexity index is 1070. The maximum atomic E-state index is 10.7. The molecule has 4 nitrogen and oxygen atoms in total. The molecule has 0 aliphatic heterocycles. The Labute approximate surface area is 298 Å². The summed E-state index contributed by atoms with van der Waals surface area (Å²) in [6, 6.07) is 0. The van der Waals surface area contributed by atoms with E-state index in [1.54, 1.807) is 11.1 Å². The smallest absolute Gasteiger partial charge is 0.207 e. The fraction of sp³-hybridized carbons (Fsp3) is 0.773. The molecule has 1 aromatic carbocycles. The summed E-state index contributed by atoms with van der Waals surface area (Å²) in [5, 5.41) is 21.3. The first kappa shape index (κ1) is 43.9. The van der Waals surface area contributed by atoms with Gasteiger partial charge in [0.15, 0.2) is 11.5 Å². The topological polar surface area (TPSA) is 58.9 Å². The second-order valence-electron chi connectivity index (χ2n) is 16.1. The van der Waals surface area contributed by atoms with Crippen LogP contribution in [0.2, 0.25) is 0 Å². The van der Waals surface area contributed by atoms with Gasteiger partial charge in [-0.2, -0.15) is 0 Å². The molecule has 4 unspecified atom stereocenters. The van der Waals surface area contributed by atoms with E-state index in [0.717, 1.165) is 35.7 Å². The molecule has 0 saturated heterocycles. The van der Waals surface area contributed by atoms with E-state index >= 15 is 0 Å². The molecule has 0 aliphatic rings. The van der Waals surface area contributed by atoms with Gasteiger partial charge < -0.3 is 19.7 Å². The number of aromatic hydroxyl groups is 2. The van der Waals surface area contributed by atoms with Crippen molar-refractivity contribution in [2.24, 2.45) is 29.6 Å². The fourth-order valence-corrected chi connectivity index (χ4v) is 7.09. The number of phenols is 2. The van der Waals surface area contributed by atoms with Crippen LogP contribution in [0.15, 0.2) is 23.3 Å². The first-order valence-corrected chi connectivity index (χ1v) is 19.8. The van der Waals surface area contributed by atoms with E-state index in [0.29, 0.717) is 17.9 Å². The monoisotopic (exact) mass is 671 g/mol. The highest BCUT2D eigenvalue weighted by Gasteiger charge is 2.23. The molecule has 0 fully saturated rings. The third kappa shape index (κ3) is 18.1. The predicted molar refractivity (Wildman–Crippen MR) is 209 cm³/mol. The molecule has 2 N–H and O–H groups in total. The van der Waals surface area contributed by atoms with Crippen LogP contribution < -0.4 is 9.47 Å². The molecule has 0 radical (unpaired) electrons. The van der Waals surface area contributed by atoms with E-state index in [9.17, 15) is 10.2 Å². The van der Waals surface area contributed by atoms with Gasteiger partial charge >= 0.3 is 0 Å². The Hall–Kier alpha value is -2.10. The van der Waals surface area contributed by atoms with Crippen molar-refractivity contribution in [1.82, 2.24) is 0 Å². The van der Waals surface area contributed by atoms with Crippen molar-refractivity contribution in [3.05, 3.63) is 34.4 Å². The number of ether oxygens (including phenoxy) is 2. The van der Waals surface area contributed by atoms with Crippen molar-refractivity contribution in [2.45, 2.75) is 178 Å². The molecule has 0 amide bonds. The Kier molecular flexibility index (Phi) is 22.8. The molecule has 1 aromatic rings. The summed E-state index contributed by atoms with van der Waals surface area (Å²) in [6.45, 7) is 20.7. The summed E-state index contributed by atoms with van der Waals surface area (Å²) in [5.74, 6) is 4.39. The molecule has 48 heavy (non-hydrogen) atoms. The molecule has 4 heteroatoms. The normalized spacial score (nSPS) is 15.1. The van der Waals surface area contributed by atoms with Crippen LogP contribution in [0, 0.1) is 36.5 Å². The number of rotatable bonds is 27. The summed E-state index contributed by atoms with van der Waals surface area (Å²) in [4.78, 5) is 0. The van der Waals surface area contributed by atoms with Crippen molar-refractivity contribution in [1.29, 1.82) is 0 Å². The molecule has 278 valence electrons. The summed E-state index contributed by atoms with van der Waals surface area (Å²) >= 11 is 0. The van der Waals surface area contributed by atoms with Gasteiger partial charge in [0, 0.05) is 11.1 Å². The van der Waals surface area contributed by atoms with E-state index in [2.05, 4.69) is 67.5 Å². The predicted octanol–water partition coefficient (Wildman–Crippen LogP) is 13.7. The van der Waals surface area contributed by atoms with Crippen LogP contribution in [0.4, 0.5) is 0 Å². The van der Waals surface area contributed by atoms with Crippen LogP contribution in [-0.2, 0) is 6.42 Å². The number of hydrogen-bond donors (Lipinski definition) is 2. The van der Waals surface area contributed by atoms with E-state index in [-0.39, 0.29) is 23.0 Å². The number of phenolic OH excluding ortho intramolecular Hbond substituents is 2. The second-order valence-corrected chi connectivity index (χ2v) is 16.1. The lowest BCUT2D eigenvalue weighted by atomic mass is 9.89. The van der Waals surface area contributed by atoms with E-state index in [1.807, 2.05) is 6.92 Å². The molecule has 0 saturated carbocycles. The van der Waals surface area contributed by atoms with Gasteiger partial charge in [0.05, 0.1) is 14.2 Å². The van der Waals surface area contributed by atoms with E-state index in [1.165, 1.54) is 117 Å². The van der Waals surface area contributed by atoms with Crippen LogP contribution in [0.5, 0.6) is 23.0 Å². The van der Waals surface area contributed by atoms with Crippen LogP contribution in [0.25, 0.3) is 0 Å². The van der Waals surface area contributed by atoms with Crippen LogP contribution >= 0.6 is 0 Å². The lowest BCUT2D eigenvalue weighted by molar-refractivity contribution is 0.313. The molecule has 4 atom stereocenters. The fourth-order valence-electron chi connectivity index (χ4n) is 7.09. The average molecular weight is 671 g/mol. The van der Waals surface area contributed by atoms with Crippen molar-refractivity contribution >= 4 is 0 Å². The van der Waals surface area contributed by atoms with Gasteiger partial charge in [-0.1, -0.05) is 129 Å². The van der Waals surface area contributed by atoms with Gasteiger partial charge in [0.1, 0.15) is 0 Å². The summed E-state index contributed by atoms with van der Waals surface area (Å²) in [5.41, 5.74) is 4.57. The third-order valence-electron chi connectivity index (χ3n) is 10.7. The summed E-state index contributed by atoms with van der Waals surface area (Å²) < 4.78 is 10.6. The molecule has 0 heterocycles. The summed E-state index contributed by atoms with van der Waals surface area (Å²) in [7, 11) is 2.96. The van der Waals surface area contributed by atoms with Crippen LogP contribution in [-0.4, -0.2) is 24.4 Å². The molecule has 0 spiro atoms. The van der Waals surface area contributed by atoms with Gasteiger partial charge in [-0.3, -0.25) is 0 Å². The Morgan fingerprint density at radius 3 is 1.50 bits per heavy atom. The molecule has 0 bridgehead atoms. The second kappa shape index (κ2) is 24.9. The number of hydrogen-bond acceptors (Lipinski definition) is 4. The van der Waals surface area contributed by atoms with Crippen molar-refractivity contribution in [3.8, 4) is 23.0 Å². The van der Waals surface area contributed by atoms with Gasteiger partial charge in [0.25, 0.3) is 0 Å². The highest BCUT2D eigenvalue weighted by Crippen LogP contribution is 2.48. The van der Waals surface area contributed by atoms with Crippen molar-refractivity contribution < 1.29 is 19.7 Å². The zero-order chi connectivity index (χ0) is 36.1. The van der Waals surface area contributed by atoms with Crippen LogP contribution in [0.3, 0.4) is 0 Å².